The van der Waals surface area contributed by atoms with Crippen LogP contribution in [0.4, 0.5) is 5.69 Å². The molecule has 2 heterocycles. The van der Waals surface area contributed by atoms with Gasteiger partial charge >= 0.3 is 5.97 Å². The van der Waals surface area contributed by atoms with Gasteiger partial charge in [-0.25, -0.2) is 9.48 Å². The average Bonchev–Trinajstić information content (AvgIpc) is 3.19. The Balaban J connectivity index is 1.87. The molecule has 3 rings (SSSR count). The van der Waals surface area contributed by atoms with E-state index in [1.807, 2.05) is 44.2 Å². The van der Waals surface area contributed by atoms with Crippen LogP contribution in [0.5, 0.6) is 0 Å². The number of H-pyrrole nitrogens is 1. The number of aryl methyl sites for hydroxylation is 3. The summed E-state index contributed by atoms with van der Waals surface area (Å²) in [6, 6.07) is 9.41. The lowest BCUT2D eigenvalue weighted by Gasteiger charge is -2.12. The maximum Gasteiger partial charge on any atom is 0.340 e. The van der Waals surface area contributed by atoms with Gasteiger partial charge in [0.05, 0.1) is 29.2 Å². The molecule has 2 aromatic heterocycles. The van der Waals surface area contributed by atoms with Gasteiger partial charge < -0.3 is 19.8 Å². The number of hydrogen-bond donors (Lipinski definition) is 2. The molecule has 8 nitrogen and oxygen atoms in total. The van der Waals surface area contributed by atoms with Gasteiger partial charge in [-0.15, -0.1) is 0 Å². The standard InChI is InChI=1S/C22H26N4O4/c1-13-12-14(2)26(25-13)18-9-7-6-8-17(18)24-21(27)20-15(3)19(16(4)23-20)22(28)30-11-10-29-5/h6-9,12,23H,10-11H2,1-5H3,(H,24,27). The molecule has 0 unspecified atom stereocenters. The van der Waals surface area contributed by atoms with Crippen LogP contribution in [-0.4, -0.2) is 47.0 Å². The largest absolute Gasteiger partial charge is 0.460 e. The van der Waals surface area contributed by atoms with Gasteiger partial charge in [0.15, 0.2) is 0 Å². The zero-order chi connectivity index (χ0) is 21.8. The number of amides is 1. The number of benzene rings is 1. The Kier molecular flexibility index (Phi) is 6.37. The van der Waals surface area contributed by atoms with E-state index in [0.29, 0.717) is 34.8 Å². The molecular formula is C22H26N4O4. The molecule has 0 spiro atoms. The van der Waals surface area contributed by atoms with E-state index < -0.39 is 5.97 Å². The summed E-state index contributed by atoms with van der Waals surface area (Å²) in [6.07, 6.45) is 0. The van der Waals surface area contributed by atoms with Crippen molar-refractivity contribution in [1.82, 2.24) is 14.8 Å². The number of esters is 1. The molecule has 0 radical (unpaired) electrons. The zero-order valence-corrected chi connectivity index (χ0v) is 17.8. The number of nitrogens with zero attached hydrogens (tertiary/aromatic N) is 2. The summed E-state index contributed by atoms with van der Waals surface area (Å²) in [5, 5.41) is 7.43. The summed E-state index contributed by atoms with van der Waals surface area (Å²) < 4.78 is 11.9. The van der Waals surface area contributed by atoms with Crippen molar-refractivity contribution < 1.29 is 19.1 Å². The fraction of sp³-hybridized carbons (Fsp3) is 0.318. The van der Waals surface area contributed by atoms with Crippen molar-refractivity contribution >= 4 is 17.6 Å². The van der Waals surface area contributed by atoms with Crippen LogP contribution in [-0.2, 0) is 9.47 Å². The van der Waals surface area contributed by atoms with Gasteiger partial charge in [-0.05, 0) is 51.5 Å². The minimum Gasteiger partial charge on any atom is -0.460 e. The summed E-state index contributed by atoms with van der Waals surface area (Å²) in [4.78, 5) is 28.4. The fourth-order valence-corrected chi connectivity index (χ4v) is 3.39. The van der Waals surface area contributed by atoms with Crippen LogP contribution in [0.2, 0.25) is 0 Å². The molecule has 1 aromatic carbocycles. The van der Waals surface area contributed by atoms with Crippen LogP contribution in [0, 0.1) is 27.7 Å². The fourth-order valence-electron chi connectivity index (χ4n) is 3.39. The molecular weight excluding hydrogens is 384 g/mol. The van der Waals surface area contributed by atoms with E-state index in [1.54, 1.807) is 18.5 Å². The third-order valence-electron chi connectivity index (χ3n) is 4.78. The van der Waals surface area contributed by atoms with Crippen molar-refractivity contribution in [2.24, 2.45) is 0 Å². The number of aromatic amines is 1. The number of para-hydroxylation sites is 2. The molecule has 0 aliphatic heterocycles. The monoisotopic (exact) mass is 410 g/mol. The normalized spacial score (nSPS) is 10.8. The van der Waals surface area contributed by atoms with Crippen molar-refractivity contribution in [2.45, 2.75) is 27.7 Å². The van der Waals surface area contributed by atoms with Gasteiger partial charge in [0.2, 0.25) is 0 Å². The molecule has 0 aliphatic rings. The van der Waals surface area contributed by atoms with Crippen molar-refractivity contribution in [2.75, 3.05) is 25.6 Å². The Labute approximate surface area is 175 Å². The Bertz CT molecular complexity index is 1080. The van der Waals surface area contributed by atoms with Crippen LogP contribution in [0.1, 0.15) is 43.5 Å². The lowest BCUT2D eigenvalue weighted by Crippen LogP contribution is -2.16. The predicted molar refractivity (Wildman–Crippen MR) is 113 cm³/mol. The van der Waals surface area contributed by atoms with E-state index in [2.05, 4.69) is 15.4 Å². The molecule has 0 saturated carbocycles. The highest BCUT2D eigenvalue weighted by Gasteiger charge is 2.23. The van der Waals surface area contributed by atoms with Crippen LogP contribution in [0.25, 0.3) is 5.69 Å². The van der Waals surface area contributed by atoms with E-state index in [-0.39, 0.29) is 12.5 Å². The summed E-state index contributed by atoms with van der Waals surface area (Å²) >= 11 is 0. The Morgan fingerprint density at radius 3 is 2.53 bits per heavy atom. The van der Waals surface area contributed by atoms with E-state index >= 15 is 0 Å². The van der Waals surface area contributed by atoms with Gasteiger partial charge in [0.1, 0.15) is 12.3 Å². The first kappa shape index (κ1) is 21.3. The minimum absolute atomic E-state index is 0.150. The third-order valence-corrected chi connectivity index (χ3v) is 4.78. The van der Waals surface area contributed by atoms with Gasteiger partial charge in [-0.2, -0.15) is 5.10 Å². The Morgan fingerprint density at radius 2 is 1.87 bits per heavy atom. The van der Waals surface area contributed by atoms with Crippen LogP contribution >= 0.6 is 0 Å². The summed E-state index contributed by atoms with van der Waals surface area (Å²) in [5.74, 6) is -0.832. The number of carbonyl (C=O) groups is 2. The number of aromatic nitrogens is 3. The molecule has 0 fully saturated rings. The number of hydrogen-bond acceptors (Lipinski definition) is 5. The number of nitrogens with one attached hydrogen (secondary N) is 2. The van der Waals surface area contributed by atoms with Crippen LogP contribution < -0.4 is 5.32 Å². The second-order valence-corrected chi connectivity index (χ2v) is 7.06. The molecule has 30 heavy (non-hydrogen) atoms. The van der Waals surface area contributed by atoms with Crippen LogP contribution in [0.3, 0.4) is 0 Å². The van der Waals surface area contributed by atoms with Crippen LogP contribution in [0.15, 0.2) is 30.3 Å². The molecule has 2 N–H and O–H groups in total. The van der Waals surface area contributed by atoms with Crippen molar-refractivity contribution in [3.05, 3.63) is 64.2 Å². The van der Waals surface area contributed by atoms with E-state index in [4.69, 9.17) is 9.47 Å². The zero-order valence-electron chi connectivity index (χ0n) is 17.8. The molecule has 3 aromatic rings. The summed E-state index contributed by atoms with van der Waals surface area (Å²) in [6.45, 7) is 7.79. The lowest BCUT2D eigenvalue weighted by atomic mass is 10.1. The predicted octanol–water partition coefficient (Wildman–Crippen LogP) is 3.49. The first-order chi connectivity index (χ1) is 14.3. The lowest BCUT2D eigenvalue weighted by molar-refractivity contribution is 0.0387. The van der Waals surface area contributed by atoms with Crippen molar-refractivity contribution in [3.8, 4) is 5.69 Å². The summed E-state index contributed by atoms with van der Waals surface area (Å²) in [7, 11) is 1.53. The topological polar surface area (TPSA) is 98.2 Å². The maximum atomic E-state index is 13.0. The molecule has 0 saturated heterocycles. The molecule has 158 valence electrons. The number of carbonyl (C=O) groups excluding carboxylic acids is 2. The molecule has 0 atom stereocenters. The second kappa shape index (κ2) is 8.96. The van der Waals surface area contributed by atoms with Crippen molar-refractivity contribution in [3.63, 3.8) is 0 Å². The highest BCUT2D eigenvalue weighted by molar-refractivity contribution is 6.07. The second-order valence-electron chi connectivity index (χ2n) is 7.06. The first-order valence-electron chi connectivity index (χ1n) is 9.62. The highest BCUT2D eigenvalue weighted by Crippen LogP contribution is 2.24. The molecule has 8 heteroatoms. The quantitative estimate of drug-likeness (QED) is 0.459. The van der Waals surface area contributed by atoms with E-state index in [1.165, 1.54) is 7.11 Å². The Morgan fingerprint density at radius 1 is 1.13 bits per heavy atom. The first-order valence-corrected chi connectivity index (χ1v) is 9.62. The maximum absolute atomic E-state index is 13.0. The van der Waals surface area contributed by atoms with Gasteiger partial charge in [0.25, 0.3) is 5.91 Å². The number of methoxy groups -OCH3 is 1. The third kappa shape index (κ3) is 4.28. The molecule has 0 aliphatic carbocycles. The van der Waals surface area contributed by atoms with Crippen molar-refractivity contribution in [1.29, 1.82) is 0 Å². The average molecular weight is 410 g/mol. The number of rotatable bonds is 7. The Hall–Kier alpha value is -3.39. The van der Waals surface area contributed by atoms with Gasteiger partial charge in [0, 0.05) is 18.5 Å². The molecule has 0 bridgehead atoms. The number of anilines is 1. The van der Waals surface area contributed by atoms with E-state index in [9.17, 15) is 9.59 Å². The number of ether oxygens (including phenoxy) is 2. The minimum atomic E-state index is -0.486. The van der Waals surface area contributed by atoms with E-state index in [0.717, 1.165) is 17.1 Å². The smallest absolute Gasteiger partial charge is 0.340 e. The summed E-state index contributed by atoms with van der Waals surface area (Å²) in [5.41, 5.74) is 5.02. The SMILES string of the molecule is COCCOC(=O)c1c(C)[nH]c(C(=O)Nc2ccccc2-n2nc(C)cc2C)c1C. The highest BCUT2D eigenvalue weighted by atomic mass is 16.6. The van der Waals surface area contributed by atoms with Gasteiger partial charge in [-0.3, -0.25) is 4.79 Å². The molecule has 1 amide bonds. The van der Waals surface area contributed by atoms with Gasteiger partial charge in [-0.1, -0.05) is 12.1 Å².